The fourth-order valence-electron chi connectivity index (χ4n) is 4.06. The summed E-state index contributed by atoms with van der Waals surface area (Å²) < 4.78 is 10.4. The molecule has 0 amide bonds. The van der Waals surface area contributed by atoms with Gasteiger partial charge in [-0.1, -0.05) is 13.3 Å². The molecule has 1 aliphatic heterocycles. The fraction of sp³-hybridized carbons (Fsp3) is 0.500. The number of aryl methyl sites for hydroxylation is 2. The first-order valence-electron chi connectivity index (χ1n) is 10.8. The maximum Gasteiger partial charge on any atom is 0.332 e. The number of anilines is 2. The van der Waals surface area contributed by atoms with Crippen LogP contribution in [0.2, 0.25) is 0 Å². The van der Waals surface area contributed by atoms with Crippen LogP contribution in [-0.4, -0.2) is 31.8 Å². The molecule has 0 atom stereocenters. The molecule has 160 valence electrons. The number of unbranched alkanes of at least 4 members (excludes halogenated alkanes) is 1. The van der Waals surface area contributed by atoms with Crippen molar-refractivity contribution in [3.63, 3.8) is 0 Å². The molecule has 30 heavy (non-hydrogen) atoms. The van der Waals surface area contributed by atoms with E-state index in [1.165, 1.54) is 9.13 Å². The third kappa shape index (κ3) is 3.40. The molecular weight excluding hydrogens is 382 g/mol. The van der Waals surface area contributed by atoms with E-state index in [4.69, 9.17) is 9.72 Å². The van der Waals surface area contributed by atoms with Crippen molar-refractivity contribution in [1.82, 2.24) is 18.7 Å². The van der Waals surface area contributed by atoms with Crippen molar-refractivity contribution in [3.05, 3.63) is 45.1 Å². The van der Waals surface area contributed by atoms with Crippen LogP contribution in [0.3, 0.4) is 0 Å². The van der Waals surface area contributed by atoms with Crippen LogP contribution in [-0.2, 0) is 20.1 Å². The topological polar surface area (TPSA) is 74.3 Å². The van der Waals surface area contributed by atoms with Gasteiger partial charge in [-0.05, 0) is 50.5 Å². The summed E-state index contributed by atoms with van der Waals surface area (Å²) in [5.41, 5.74) is 1.41. The highest BCUT2D eigenvalue weighted by molar-refractivity contribution is 5.76. The predicted molar refractivity (Wildman–Crippen MR) is 118 cm³/mol. The summed E-state index contributed by atoms with van der Waals surface area (Å²) in [4.78, 5) is 33.0. The first kappa shape index (κ1) is 20.3. The van der Waals surface area contributed by atoms with Gasteiger partial charge in [0.1, 0.15) is 5.75 Å². The summed E-state index contributed by atoms with van der Waals surface area (Å²) in [5, 5.41) is 0. The second-order valence-corrected chi connectivity index (χ2v) is 7.67. The van der Waals surface area contributed by atoms with Crippen molar-refractivity contribution < 1.29 is 4.74 Å². The number of nitrogens with zero attached hydrogens (tertiary/aromatic N) is 5. The lowest BCUT2D eigenvalue weighted by Crippen LogP contribution is -2.39. The average Bonchev–Trinajstić information content (AvgIpc) is 3.01. The zero-order valence-corrected chi connectivity index (χ0v) is 17.9. The average molecular weight is 412 g/mol. The van der Waals surface area contributed by atoms with Gasteiger partial charge in [0, 0.05) is 32.4 Å². The molecule has 1 aromatic carbocycles. The Morgan fingerprint density at radius 3 is 2.50 bits per heavy atom. The van der Waals surface area contributed by atoms with E-state index >= 15 is 0 Å². The number of benzene rings is 1. The number of rotatable bonds is 6. The summed E-state index contributed by atoms with van der Waals surface area (Å²) in [6, 6.07) is 7.92. The number of hydrogen-bond acceptors (Lipinski definition) is 5. The van der Waals surface area contributed by atoms with Gasteiger partial charge in [0.2, 0.25) is 5.95 Å². The number of ether oxygens (including phenoxy) is 1. The lowest BCUT2D eigenvalue weighted by molar-refractivity contribution is 0.340. The van der Waals surface area contributed by atoms with Crippen molar-refractivity contribution in [1.29, 1.82) is 0 Å². The summed E-state index contributed by atoms with van der Waals surface area (Å²) in [6.45, 7) is 6.57. The molecule has 0 saturated heterocycles. The van der Waals surface area contributed by atoms with E-state index in [1.54, 1.807) is 7.05 Å². The first-order chi connectivity index (χ1) is 14.6. The number of aromatic nitrogens is 4. The molecular formula is C22H29N5O3. The monoisotopic (exact) mass is 411 g/mol. The largest absolute Gasteiger partial charge is 0.494 e. The Morgan fingerprint density at radius 1 is 1.07 bits per heavy atom. The zero-order chi connectivity index (χ0) is 21.3. The molecule has 0 unspecified atom stereocenters. The van der Waals surface area contributed by atoms with Crippen LogP contribution < -0.4 is 20.9 Å². The van der Waals surface area contributed by atoms with Gasteiger partial charge in [-0.3, -0.25) is 13.9 Å². The Balaban J connectivity index is 1.88. The molecule has 3 heterocycles. The third-order valence-electron chi connectivity index (χ3n) is 5.66. The molecule has 8 heteroatoms. The smallest absolute Gasteiger partial charge is 0.332 e. The second kappa shape index (κ2) is 8.38. The summed E-state index contributed by atoms with van der Waals surface area (Å²) in [5.74, 6) is 1.54. The predicted octanol–water partition coefficient (Wildman–Crippen LogP) is 3.03. The van der Waals surface area contributed by atoms with Gasteiger partial charge in [-0.2, -0.15) is 4.98 Å². The van der Waals surface area contributed by atoms with Crippen molar-refractivity contribution >= 4 is 22.8 Å². The van der Waals surface area contributed by atoms with Crippen molar-refractivity contribution in [2.75, 3.05) is 18.1 Å². The summed E-state index contributed by atoms with van der Waals surface area (Å²) in [7, 11) is 1.70. The Hall–Kier alpha value is -3.03. The molecule has 0 fully saturated rings. The van der Waals surface area contributed by atoms with E-state index in [0.29, 0.717) is 36.8 Å². The Morgan fingerprint density at radius 2 is 1.80 bits per heavy atom. The molecule has 4 rings (SSSR count). The molecule has 0 aliphatic carbocycles. The first-order valence-corrected chi connectivity index (χ1v) is 10.8. The standard InChI is InChI=1S/C22H29N5O3/c1-4-6-13-27-20(28)18-19(24(3)22(27)29)23-21-25(14-7-8-15-26(18)21)16-9-11-17(12-10-16)30-5-2/h9-12H,4-8,13-15H2,1-3H3. The van der Waals surface area contributed by atoms with Crippen LogP contribution in [0.25, 0.3) is 11.2 Å². The Bertz CT molecular complexity index is 1160. The van der Waals surface area contributed by atoms with Crippen LogP contribution in [0.4, 0.5) is 11.6 Å². The number of imidazole rings is 1. The molecule has 2 aromatic heterocycles. The molecule has 3 aromatic rings. The van der Waals surface area contributed by atoms with E-state index in [9.17, 15) is 9.59 Å². The lowest BCUT2D eigenvalue weighted by atomic mass is 10.2. The van der Waals surface area contributed by atoms with Gasteiger partial charge < -0.3 is 14.2 Å². The maximum atomic E-state index is 13.3. The van der Waals surface area contributed by atoms with Crippen molar-refractivity contribution in [3.8, 4) is 5.75 Å². The van der Waals surface area contributed by atoms with E-state index in [-0.39, 0.29) is 11.2 Å². The molecule has 8 nitrogen and oxygen atoms in total. The minimum Gasteiger partial charge on any atom is -0.494 e. The molecule has 0 saturated carbocycles. The fourth-order valence-corrected chi connectivity index (χ4v) is 4.06. The normalized spacial score (nSPS) is 14.0. The van der Waals surface area contributed by atoms with E-state index in [0.717, 1.165) is 43.7 Å². The highest BCUT2D eigenvalue weighted by Gasteiger charge is 2.25. The Kier molecular flexibility index (Phi) is 5.65. The highest BCUT2D eigenvalue weighted by atomic mass is 16.5. The minimum atomic E-state index is -0.304. The third-order valence-corrected chi connectivity index (χ3v) is 5.66. The van der Waals surface area contributed by atoms with Gasteiger partial charge in [-0.25, -0.2) is 4.79 Å². The lowest BCUT2D eigenvalue weighted by Gasteiger charge is -2.22. The number of hydrogen-bond donors (Lipinski definition) is 0. The zero-order valence-electron chi connectivity index (χ0n) is 17.9. The number of fused-ring (bicyclic) bond motifs is 3. The Labute approximate surface area is 175 Å². The van der Waals surface area contributed by atoms with Crippen LogP contribution in [0.5, 0.6) is 5.75 Å². The van der Waals surface area contributed by atoms with Gasteiger partial charge >= 0.3 is 5.69 Å². The quantitative estimate of drug-likeness (QED) is 0.623. The minimum absolute atomic E-state index is 0.242. The maximum absolute atomic E-state index is 13.3. The van der Waals surface area contributed by atoms with Crippen LogP contribution >= 0.6 is 0 Å². The van der Waals surface area contributed by atoms with E-state index in [1.807, 2.05) is 42.7 Å². The van der Waals surface area contributed by atoms with Gasteiger partial charge in [0.05, 0.1) is 6.61 Å². The van der Waals surface area contributed by atoms with Crippen LogP contribution in [0.15, 0.2) is 33.9 Å². The molecule has 0 N–H and O–H groups in total. The van der Waals surface area contributed by atoms with E-state index < -0.39 is 0 Å². The van der Waals surface area contributed by atoms with Crippen molar-refractivity contribution in [2.24, 2.45) is 7.05 Å². The van der Waals surface area contributed by atoms with Crippen LogP contribution in [0.1, 0.15) is 39.5 Å². The molecule has 0 bridgehead atoms. The van der Waals surface area contributed by atoms with Crippen LogP contribution in [0, 0.1) is 0 Å². The second-order valence-electron chi connectivity index (χ2n) is 7.67. The van der Waals surface area contributed by atoms with Gasteiger partial charge in [0.15, 0.2) is 11.2 Å². The van der Waals surface area contributed by atoms with Gasteiger partial charge in [-0.15, -0.1) is 0 Å². The summed E-state index contributed by atoms with van der Waals surface area (Å²) >= 11 is 0. The molecule has 0 spiro atoms. The molecule has 0 radical (unpaired) electrons. The van der Waals surface area contributed by atoms with Crippen molar-refractivity contribution in [2.45, 2.75) is 52.6 Å². The SMILES string of the molecule is CCCCn1c(=O)c2c(nc3n2CCCCN3c2ccc(OCC)cc2)n(C)c1=O. The van der Waals surface area contributed by atoms with E-state index in [2.05, 4.69) is 4.90 Å². The summed E-state index contributed by atoms with van der Waals surface area (Å²) in [6.07, 6.45) is 3.65. The highest BCUT2D eigenvalue weighted by Crippen LogP contribution is 2.31. The van der Waals surface area contributed by atoms with Gasteiger partial charge in [0.25, 0.3) is 5.56 Å². The molecule has 1 aliphatic rings.